The number of sulfonamides is 1. The number of nitro benzene ring substituents is 1. The van der Waals surface area contributed by atoms with Crippen LogP contribution in [0.25, 0.3) is 10.4 Å². The largest absolute Gasteiger partial charge is 0.506 e. The zero-order chi connectivity index (χ0) is 30.6. The third-order valence-electron chi connectivity index (χ3n) is 7.38. The molecule has 224 valence electrons. The molecule has 1 aromatic heterocycles. The molecule has 0 spiro atoms. The Balaban J connectivity index is 1.22. The number of para-hydroxylation sites is 1. The van der Waals surface area contributed by atoms with Crippen molar-refractivity contribution < 1.29 is 28.0 Å². The number of carbonyl (C=O) groups is 1. The summed E-state index contributed by atoms with van der Waals surface area (Å²) in [6.07, 6.45) is 1.32. The fourth-order valence-electron chi connectivity index (χ4n) is 5.08. The van der Waals surface area contributed by atoms with Crippen LogP contribution in [0.5, 0.6) is 5.75 Å². The fraction of sp³-hybridized carbons (Fsp3) is 0.258. The van der Waals surface area contributed by atoms with E-state index in [-0.39, 0.29) is 40.3 Å². The Morgan fingerprint density at radius 1 is 1.07 bits per heavy atom. The van der Waals surface area contributed by atoms with E-state index in [1.807, 2.05) is 54.6 Å². The van der Waals surface area contributed by atoms with E-state index in [1.165, 1.54) is 18.2 Å². The van der Waals surface area contributed by atoms with Crippen molar-refractivity contribution in [2.24, 2.45) is 0 Å². The van der Waals surface area contributed by atoms with E-state index in [1.54, 1.807) is 17.3 Å². The Morgan fingerprint density at radius 2 is 1.77 bits per heavy atom. The van der Waals surface area contributed by atoms with Crippen molar-refractivity contribution in [3.63, 3.8) is 0 Å². The van der Waals surface area contributed by atoms with Crippen LogP contribution >= 0.6 is 11.3 Å². The Morgan fingerprint density at radius 3 is 2.49 bits per heavy atom. The van der Waals surface area contributed by atoms with Crippen LogP contribution in [0, 0.1) is 17.0 Å². The monoisotopic (exact) mass is 621 g/mol. The number of benzene rings is 3. The molecular weight excluding hydrogens is 590 g/mol. The van der Waals surface area contributed by atoms with Crippen molar-refractivity contribution in [2.45, 2.75) is 38.2 Å². The lowest BCUT2D eigenvalue weighted by Crippen LogP contribution is -2.42. The lowest BCUT2D eigenvalue weighted by molar-refractivity contribution is -0.385. The normalized spacial score (nSPS) is 14.3. The number of nitrogens with one attached hydrogen (secondary N) is 1. The summed E-state index contributed by atoms with van der Waals surface area (Å²) < 4.78 is 32.7. The highest BCUT2D eigenvalue weighted by atomic mass is 32.2. The van der Waals surface area contributed by atoms with E-state index in [0.29, 0.717) is 36.4 Å². The average molecular weight is 622 g/mol. The van der Waals surface area contributed by atoms with E-state index in [0.717, 1.165) is 28.2 Å². The highest BCUT2D eigenvalue weighted by molar-refractivity contribution is 7.88. The van der Waals surface area contributed by atoms with Crippen LogP contribution in [0.1, 0.15) is 39.2 Å². The Hall–Kier alpha value is -4.26. The lowest BCUT2D eigenvalue weighted by atomic mass is 10.1. The molecule has 0 atom stereocenters. The second-order valence-electron chi connectivity index (χ2n) is 10.3. The van der Waals surface area contributed by atoms with Gasteiger partial charge in [-0.1, -0.05) is 54.6 Å². The molecule has 43 heavy (non-hydrogen) atoms. The van der Waals surface area contributed by atoms with Gasteiger partial charge in [-0.15, -0.1) is 11.3 Å². The van der Waals surface area contributed by atoms with Gasteiger partial charge in [-0.3, -0.25) is 10.1 Å². The molecule has 2 N–H and O–H groups in total. The van der Waals surface area contributed by atoms with Gasteiger partial charge >= 0.3 is 5.97 Å². The highest BCUT2D eigenvalue weighted by Crippen LogP contribution is 2.41. The van der Waals surface area contributed by atoms with Gasteiger partial charge in [-0.2, -0.15) is 0 Å². The maximum atomic E-state index is 12.9. The molecule has 1 aliphatic heterocycles. The molecule has 4 aromatic rings. The molecule has 0 aliphatic carbocycles. The van der Waals surface area contributed by atoms with Gasteiger partial charge in [0.05, 0.1) is 16.2 Å². The number of anilines is 1. The molecule has 0 bridgehead atoms. The van der Waals surface area contributed by atoms with E-state index < -0.39 is 20.9 Å². The van der Waals surface area contributed by atoms with Crippen molar-refractivity contribution in [1.29, 1.82) is 0 Å². The Labute approximate surface area is 253 Å². The number of ether oxygens (including phenoxy) is 1. The van der Waals surface area contributed by atoms with Crippen LogP contribution in [-0.2, 0) is 27.1 Å². The van der Waals surface area contributed by atoms with Crippen molar-refractivity contribution in [3.05, 3.63) is 111 Å². The van der Waals surface area contributed by atoms with Crippen molar-refractivity contribution >= 4 is 38.7 Å². The number of carbonyl (C=O) groups excluding carboxylic acids is 1. The van der Waals surface area contributed by atoms with E-state index >= 15 is 0 Å². The average Bonchev–Trinajstić information content (AvgIpc) is 3.30. The van der Waals surface area contributed by atoms with Gasteiger partial charge in [0, 0.05) is 41.3 Å². The molecule has 3 aromatic carbocycles. The number of hydrogen-bond donors (Lipinski definition) is 2. The fourth-order valence-corrected chi connectivity index (χ4v) is 7.73. The van der Waals surface area contributed by atoms with Gasteiger partial charge in [0.1, 0.15) is 12.4 Å². The van der Waals surface area contributed by atoms with Gasteiger partial charge in [0.25, 0.3) is 5.69 Å². The third-order valence-corrected chi connectivity index (χ3v) is 10.5. The number of esters is 1. The minimum Gasteiger partial charge on any atom is -0.506 e. The quantitative estimate of drug-likeness (QED) is 0.123. The minimum absolute atomic E-state index is 0.0112. The minimum atomic E-state index is -3.40. The van der Waals surface area contributed by atoms with Crippen LogP contribution in [0.2, 0.25) is 0 Å². The molecule has 1 saturated heterocycles. The Kier molecular flexibility index (Phi) is 9.09. The number of rotatable bonds is 10. The number of thiophene rings is 1. The summed E-state index contributed by atoms with van der Waals surface area (Å²) in [6.45, 7) is 2.28. The summed E-state index contributed by atoms with van der Waals surface area (Å²) in [5.74, 6) is -0.962. The molecule has 0 saturated carbocycles. The summed E-state index contributed by atoms with van der Waals surface area (Å²) in [5, 5.41) is 25.5. The maximum absolute atomic E-state index is 12.9. The van der Waals surface area contributed by atoms with Gasteiger partial charge in [0.15, 0.2) is 4.88 Å². The zero-order valence-electron chi connectivity index (χ0n) is 23.4. The first-order valence-electron chi connectivity index (χ1n) is 13.7. The van der Waals surface area contributed by atoms with Gasteiger partial charge in [0.2, 0.25) is 10.0 Å². The summed E-state index contributed by atoms with van der Waals surface area (Å²) >= 11 is 1.09. The maximum Gasteiger partial charge on any atom is 0.352 e. The molecule has 0 radical (unpaired) electrons. The van der Waals surface area contributed by atoms with Crippen LogP contribution in [-0.4, -0.2) is 47.9 Å². The van der Waals surface area contributed by atoms with Crippen LogP contribution < -0.4 is 5.32 Å². The zero-order valence-corrected chi connectivity index (χ0v) is 25.1. The summed E-state index contributed by atoms with van der Waals surface area (Å²) in [6, 6.07) is 22.9. The second kappa shape index (κ2) is 12.9. The lowest BCUT2D eigenvalue weighted by Gasteiger charge is -2.32. The molecule has 1 fully saturated rings. The highest BCUT2D eigenvalue weighted by Gasteiger charge is 2.28. The van der Waals surface area contributed by atoms with Crippen LogP contribution in [0.4, 0.5) is 11.4 Å². The van der Waals surface area contributed by atoms with Crippen molar-refractivity contribution in [3.8, 4) is 16.2 Å². The molecule has 1 aliphatic rings. The molecule has 0 amide bonds. The molecule has 12 heteroatoms. The number of nitrogens with zero attached hydrogens (tertiary/aromatic N) is 2. The van der Waals surface area contributed by atoms with Gasteiger partial charge in [-0.05, 0) is 49.1 Å². The molecular formula is C31H31N3O7S2. The number of piperidine rings is 1. The predicted molar refractivity (Wildman–Crippen MR) is 166 cm³/mol. The second-order valence-corrected chi connectivity index (χ2v) is 13.3. The van der Waals surface area contributed by atoms with E-state index in [2.05, 4.69) is 5.32 Å². The standard InChI is InChI=1S/C31H31N3O7S2/c1-21-28(35)30(31(36)41-19-24-10-5-6-13-27(24)34(37)38)42-29(21)23-11-7-12-26(18-23)32-25-14-16-33(17-15-25)43(39,40)20-22-8-3-2-4-9-22/h2-13,18,25,32,35H,14-17,19-20H2,1H3. The summed E-state index contributed by atoms with van der Waals surface area (Å²) in [4.78, 5) is 24.3. The summed E-state index contributed by atoms with van der Waals surface area (Å²) in [5.41, 5.74) is 3.04. The van der Waals surface area contributed by atoms with Gasteiger partial charge in [-0.25, -0.2) is 17.5 Å². The molecule has 2 heterocycles. The third kappa shape index (κ3) is 7.04. The predicted octanol–water partition coefficient (Wildman–Crippen LogP) is 6.10. The summed E-state index contributed by atoms with van der Waals surface area (Å²) in [7, 11) is -3.40. The topological polar surface area (TPSA) is 139 Å². The molecule has 0 unspecified atom stereocenters. The first-order valence-corrected chi connectivity index (χ1v) is 16.2. The SMILES string of the molecule is Cc1c(-c2cccc(NC3CCN(S(=O)(=O)Cc4ccccc4)CC3)c2)sc(C(=O)OCc2ccccc2[N+](=O)[O-])c1O. The van der Waals surface area contributed by atoms with Crippen molar-refractivity contribution in [1.82, 2.24) is 4.31 Å². The number of hydrogen-bond acceptors (Lipinski definition) is 9. The number of aromatic hydroxyl groups is 1. The first-order chi connectivity index (χ1) is 20.6. The Bertz CT molecular complexity index is 1730. The van der Waals surface area contributed by atoms with Crippen LogP contribution in [0.3, 0.4) is 0 Å². The molecule has 5 rings (SSSR count). The first kappa shape index (κ1) is 30.2. The van der Waals surface area contributed by atoms with Crippen molar-refractivity contribution in [2.75, 3.05) is 18.4 Å². The number of nitro groups is 1. The molecule has 10 nitrogen and oxygen atoms in total. The van der Waals surface area contributed by atoms with E-state index in [9.17, 15) is 28.4 Å². The van der Waals surface area contributed by atoms with Crippen LogP contribution in [0.15, 0.2) is 78.9 Å². The smallest absolute Gasteiger partial charge is 0.352 e. The van der Waals surface area contributed by atoms with E-state index in [4.69, 9.17) is 4.74 Å². The van der Waals surface area contributed by atoms with Gasteiger partial charge < -0.3 is 15.2 Å².